The Hall–Kier alpha value is -3.19. The van der Waals surface area contributed by atoms with Gasteiger partial charge in [0.25, 0.3) is 10.0 Å². The third-order valence-electron chi connectivity index (χ3n) is 4.57. The Morgan fingerprint density at radius 2 is 1.62 bits per heavy atom. The maximum Gasteiger partial charge on any atom is 0.264 e. The van der Waals surface area contributed by atoms with Gasteiger partial charge in [-0.15, -0.1) is 0 Å². The van der Waals surface area contributed by atoms with E-state index in [1.807, 2.05) is 30.3 Å². The molecule has 0 bridgehead atoms. The van der Waals surface area contributed by atoms with Gasteiger partial charge in [0.15, 0.2) is 0 Å². The van der Waals surface area contributed by atoms with Crippen LogP contribution < -0.4 is 9.46 Å². The fraction of sp³-hybridized carbons (Fsp3) is 0.182. The molecule has 2 aromatic carbocycles. The van der Waals surface area contributed by atoms with Crippen molar-refractivity contribution in [2.24, 2.45) is 0 Å². The summed E-state index contributed by atoms with van der Waals surface area (Å²) in [6.07, 6.45) is 6.25. The van der Waals surface area contributed by atoms with Crippen LogP contribution in [0, 0.1) is 0 Å². The summed E-state index contributed by atoms with van der Waals surface area (Å²) in [5.74, 6) is 0.897. The van der Waals surface area contributed by atoms with Gasteiger partial charge in [0.1, 0.15) is 5.75 Å². The van der Waals surface area contributed by atoms with Crippen LogP contribution in [0.5, 0.6) is 11.6 Å². The molecule has 0 aliphatic heterocycles. The number of benzene rings is 2. The highest BCUT2D eigenvalue weighted by Gasteiger charge is 2.18. The zero-order valence-electron chi connectivity index (χ0n) is 15.8. The van der Waals surface area contributed by atoms with Gasteiger partial charge in [-0.1, -0.05) is 42.5 Å². The molecule has 3 aromatic rings. The molecule has 7 heteroatoms. The Labute approximate surface area is 170 Å². The summed E-state index contributed by atoms with van der Waals surface area (Å²) in [5, 5.41) is 0. The van der Waals surface area contributed by atoms with Crippen LogP contribution >= 0.6 is 0 Å². The van der Waals surface area contributed by atoms with Crippen molar-refractivity contribution < 1.29 is 13.2 Å². The Bertz CT molecular complexity index is 1110. The molecule has 148 valence electrons. The lowest BCUT2D eigenvalue weighted by Crippen LogP contribution is -2.16. The van der Waals surface area contributed by atoms with Crippen LogP contribution in [0.3, 0.4) is 0 Å². The fourth-order valence-corrected chi connectivity index (χ4v) is 4.11. The van der Waals surface area contributed by atoms with Gasteiger partial charge in [-0.25, -0.2) is 18.1 Å². The molecule has 1 aliphatic carbocycles. The first kappa shape index (κ1) is 19.1. The smallest absolute Gasteiger partial charge is 0.264 e. The van der Waals surface area contributed by atoms with E-state index in [0.717, 1.165) is 31.3 Å². The lowest BCUT2D eigenvalue weighted by Gasteiger charge is -2.15. The first-order chi connectivity index (χ1) is 14.1. The summed E-state index contributed by atoms with van der Waals surface area (Å²) < 4.78 is 33.8. The highest BCUT2D eigenvalue weighted by atomic mass is 32.2. The molecular weight excluding hydrogens is 386 g/mol. The molecule has 0 atom stereocenters. The number of para-hydroxylation sites is 1. The van der Waals surface area contributed by atoms with Crippen molar-refractivity contribution >= 4 is 21.5 Å². The molecule has 0 saturated heterocycles. The minimum absolute atomic E-state index is 0.0104. The van der Waals surface area contributed by atoms with Gasteiger partial charge >= 0.3 is 0 Å². The normalized spacial score (nSPS) is 14.1. The molecule has 4 rings (SSSR count). The molecule has 6 nitrogen and oxygen atoms in total. The predicted octanol–water partition coefficient (Wildman–Crippen LogP) is 5.03. The molecule has 1 aromatic heterocycles. The summed E-state index contributed by atoms with van der Waals surface area (Å²) in [4.78, 5) is 8.89. The molecule has 0 amide bonds. The van der Waals surface area contributed by atoms with Gasteiger partial charge in [0.05, 0.1) is 10.6 Å². The van der Waals surface area contributed by atoms with Crippen LogP contribution in [-0.2, 0) is 10.0 Å². The van der Waals surface area contributed by atoms with E-state index in [1.165, 1.54) is 12.1 Å². The minimum Gasteiger partial charge on any atom is -0.439 e. The van der Waals surface area contributed by atoms with Crippen molar-refractivity contribution in [3.8, 4) is 11.6 Å². The average molecular weight is 407 g/mol. The number of allylic oxidation sites excluding steroid dienone is 2. The fourth-order valence-electron chi connectivity index (χ4n) is 3.15. The number of ether oxygens (including phenoxy) is 1. The Balaban J connectivity index is 1.70. The molecule has 1 N–H and O–H groups in total. The molecule has 0 radical (unpaired) electrons. The van der Waals surface area contributed by atoms with Gasteiger partial charge in [0.2, 0.25) is 11.8 Å². The van der Waals surface area contributed by atoms with Crippen molar-refractivity contribution in [1.82, 2.24) is 9.97 Å². The first-order valence-electron chi connectivity index (χ1n) is 9.49. The van der Waals surface area contributed by atoms with Gasteiger partial charge in [0, 0.05) is 6.07 Å². The van der Waals surface area contributed by atoms with Crippen LogP contribution in [0.15, 0.2) is 77.7 Å². The monoisotopic (exact) mass is 407 g/mol. The Kier molecular flexibility index (Phi) is 5.57. The maximum absolute atomic E-state index is 12.7. The van der Waals surface area contributed by atoms with E-state index in [1.54, 1.807) is 24.3 Å². The molecule has 1 heterocycles. The number of aromatic nitrogens is 2. The van der Waals surface area contributed by atoms with Gasteiger partial charge < -0.3 is 4.74 Å². The van der Waals surface area contributed by atoms with Crippen molar-refractivity contribution in [2.45, 2.75) is 30.6 Å². The van der Waals surface area contributed by atoms with Crippen LogP contribution in [-0.4, -0.2) is 18.4 Å². The van der Waals surface area contributed by atoms with Crippen molar-refractivity contribution in [3.63, 3.8) is 0 Å². The predicted molar refractivity (Wildman–Crippen MR) is 112 cm³/mol. The van der Waals surface area contributed by atoms with Crippen molar-refractivity contribution in [3.05, 3.63) is 78.5 Å². The van der Waals surface area contributed by atoms with E-state index in [0.29, 0.717) is 17.3 Å². The number of nitrogens with one attached hydrogen (secondary N) is 1. The molecule has 1 aliphatic rings. The third kappa shape index (κ3) is 4.81. The summed E-state index contributed by atoms with van der Waals surface area (Å²) in [6, 6.07) is 19.2. The van der Waals surface area contributed by atoms with E-state index >= 15 is 0 Å². The van der Waals surface area contributed by atoms with E-state index < -0.39 is 10.0 Å². The number of anilines is 1. The van der Waals surface area contributed by atoms with Gasteiger partial charge in [-0.2, -0.15) is 4.98 Å². The highest BCUT2D eigenvalue weighted by Crippen LogP contribution is 2.30. The van der Waals surface area contributed by atoms with Crippen molar-refractivity contribution in [1.29, 1.82) is 0 Å². The lowest BCUT2D eigenvalue weighted by molar-refractivity contribution is 0.462. The average Bonchev–Trinajstić information content (AvgIpc) is 2.75. The van der Waals surface area contributed by atoms with E-state index in [-0.39, 0.29) is 10.8 Å². The lowest BCUT2D eigenvalue weighted by atomic mass is 9.97. The molecule has 0 unspecified atom stereocenters. The summed E-state index contributed by atoms with van der Waals surface area (Å²) in [6.45, 7) is 0. The zero-order chi connectivity index (χ0) is 20.1. The second-order valence-corrected chi connectivity index (χ2v) is 8.41. The van der Waals surface area contributed by atoms with Crippen LogP contribution in [0.1, 0.15) is 31.4 Å². The minimum atomic E-state index is -3.80. The molecule has 0 saturated carbocycles. The van der Waals surface area contributed by atoms with Crippen molar-refractivity contribution in [2.75, 3.05) is 4.72 Å². The summed E-state index contributed by atoms with van der Waals surface area (Å²) >= 11 is 0. The molecular formula is C22H21N3O3S. The summed E-state index contributed by atoms with van der Waals surface area (Å²) in [7, 11) is -3.80. The number of hydrogen-bond donors (Lipinski definition) is 1. The highest BCUT2D eigenvalue weighted by molar-refractivity contribution is 7.92. The Morgan fingerprint density at radius 1 is 0.897 bits per heavy atom. The van der Waals surface area contributed by atoms with E-state index in [2.05, 4.69) is 20.8 Å². The first-order valence-corrected chi connectivity index (χ1v) is 11.0. The second-order valence-electron chi connectivity index (χ2n) is 6.72. The quantitative estimate of drug-likeness (QED) is 0.620. The maximum atomic E-state index is 12.7. The van der Waals surface area contributed by atoms with Crippen LogP contribution in [0.25, 0.3) is 5.57 Å². The van der Waals surface area contributed by atoms with Gasteiger partial charge in [-0.05, 0) is 55.5 Å². The number of hydrogen-bond acceptors (Lipinski definition) is 5. The topological polar surface area (TPSA) is 81.2 Å². The zero-order valence-corrected chi connectivity index (χ0v) is 16.6. The second kappa shape index (κ2) is 8.45. The molecule has 0 fully saturated rings. The number of nitrogens with zero attached hydrogens (tertiary/aromatic N) is 2. The van der Waals surface area contributed by atoms with Crippen LogP contribution in [0.4, 0.5) is 5.95 Å². The van der Waals surface area contributed by atoms with E-state index in [9.17, 15) is 8.42 Å². The Morgan fingerprint density at radius 3 is 2.31 bits per heavy atom. The summed E-state index contributed by atoms with van der Waals surface area (Å²) in [5.41, 5.74) is 1.76. The largest absolute Gasteiger partial charge is 0.439 e. The number of rotatable bonds is 6. The third-order valence-corrected chi connectivity index (χ3v) is 5.91. The number of sulfonamides is 1. The molecule has 29 heavy (non-hydrogen) atoms. The SMILES string of the molecule is O=S(=O)(Nc1nc(Oc2ccccc2)cc(C2=CCCCC2)n1)c1ccccc1. The molecule has 0 spiro atoms. The van der Waals surface area contributed by atoms with Gasteiger partial charge in [-0.3, -0.25) is 0 Å². The standard InChI is InChI=1S/C22H21N3O3S/c26-29(27,19-14-8-3-9-15-19)25-22-23-20(17-10-4-1-5-11-17)16-21(24-22)28-18-12-6-2-7-13-18/h2-3,6-10,12-16H,1,4-5,11H2,(H,23,24,25). The van der Waals surface area contributed by atoms with Crippen LogP contribution in [0.2, 0.25) is 0 Å². The van der Waals surface area contributed by atoms with E-state index in [4.69, 9.17) is 4.74 Å².